The lowest BCUT2D eigenvalue weighted by molar-refractivity contribution is 0.162. The first-order valence-corrected chi connectivity index (χ1v) is 8.40. The van der Waals surface area contributed by atoms with Crippen LogP contribution in [0.15, 0.2) is 18.2 Å². The van der Waals surface area contributed by atoms with E-state index in [1.54, 1.807) is 7.11 Å². The van der Waals surface area contributed by atoms with Crippen molar-refractivity contribution in [3.8, 4) is 0 Å². The van der Waals surface area contributed by atoms with E-state index in [1.165, 1.54) is 55.2 Å². The zero-order valence-electron chi connectivity index (χ0n) is 14.0. The highest BCUT2D eigenvalue weighted by molar-refractivity contribution is 5.29. The number of ether oxygens (including phenoxy) is 1. The highest BCUT2D eigenvalue weighted by Gasteiger charge is 2.31. The van der Waals surface area contributed by atoms with Crippen LogP contribution in [0.5, 0.6) is 0 Å². The van der Waals surface area contributed by atoms with Crippen LogP contribution in [0.3, 0.4) is 0 Å². The molecule has 0 atom stereocenters. The van der Waals surface area contributed by atoms with Gasteiger partial charge in [0.25, 0.3) is 0 Å². The number of benzene rings is 1. The Morgan fingerprint density at radius 3 is 2.33 bits per heavy atom. The van der Waals surface area contributed by atoms with Gasteiger partial charge in [-0.2, -0.15) is 0 Å². The predicted molar refractivity (Wildman–Crippen MR) is 89.9 cm³/mol. The van der Waals surface area contributed by atoms with Crippen LogP contribution in [0.25, 0.3) is 0 Å². The van der Waals surface area contributed by atoms with Crippen LogP contribution < -0.4 is 5.32 Å². The molecule has 21 heavy (non-hydrogen) atoms. The number of hydrogen-bond donors (Lipinski definition) is 1. The van der Waals surface area contributed by atoms with Gasteiger partial charge in [0, 0.05) is 20.2 Å². The number of rotatable bonds is 7. The van der Waals surface area contributed by atoms with Gasteiger partial charge in [0.05, 0.1) is 6.61 Å². The minimum Gasteiger partial charge on any atom is -0.383 e. The molecule has 118 valence electrons. The quantitative estimate of drug-likeness (QED) is 0.765. The molecule has 0 aliphatic heterocycles. The number of aryl methyl sites for hydroxylation is 2. The Hall–Kier alpha value is -0.860. The SMILES string of the molecule is COCCNCC1(Cc2cc(C)cc(C)c2)CCCCC1. The largest absolute Gasteiger partial charge is 0.383 e. The van der Waals surface area contributed by atoms with Crippen molar-refractivity contribution in [3.05, 3.63) is 34.9 Å². The smallest absolute Gasteiger partial charge is 0.0587 e. The van der Waals surface area contributed by atoms with Crippen molar-refractivity contribution in [1.29, 1.82) is 0 Å². The van der Waals surface area contributed by atoms with E-state index in [1.807, 2.05) is 0 Å². The summed E-state index contributed by atoms with van der Waals surface area (Å²) in [5.41, 5.74) is 4.75. The minimum absolute atomic E-state index is 0.451. The van der Waals surface area contributed by atoms with Gasteiger partial charge in [0.15, 0.2) is 0 Å². The number of methoxy groups -OCH3 is 1. The van der Waals surface area contributed by atoms with Gasteiger partial charge in [0.1, 0.15) is 0 Å². The average molecular weight is 289 g/mol. The molecule has 0 heterocycles. The molecule has 1 saturated carbocycles. The summed E-state index contributed by atoms with van der Waals surface area (Å²) >= 11 is 0. The van der Waals surface area contributed by atoms with E-state index in [-0.39, 0.29) is 0 Å². The average Bonchev–Trinajstić information content (AvgIpc) is 2.43. The zero-order chi connectivity index (χ0) is 15.1. The monoisotopic (exact) mass is 289 g/mol. The third-order valence-electron chi connectivity index (χ3n) is 4.76. The molecule has 0 amide bonds. The molecule has 2 nitrogen and oxygen atoms in total. The summed E-state index contributed by atoms with van der Waals surface area (Å²) < 4.78 is 5.15. The lowest BCUT2D eigenvalue weighted by Gasteiger charge is -2.38. The lowest BCUT2D eigenvalue weighted by Crippen LogP contribution is -2.39. The predicted octanol–water partition coefficient (Wildman–Crippen LogP) is 4.03. The summed E-state index contributed by atoms with van der Waals surface area (Å²) in [5, 5.41) is 3.62. The second kappa shape index (κ2) is 7.95. The van der Waals surface area contributed by atoms with Crippen molar-refractivity contribution in [2.24, 2.45) is 5.41 Å². The van der Waals surface area contributed by atoms with E-state index < -0.39 is 0 Å². The Labute approximate surface area is 130 Å². The lowest BCUT2D eigenvalue weighted by atomic mass is 9.70. The summed E-state index contributed by atoms with van der Waals surface area (Å²) in [6.07, 6.45) is 8.12. The molecule has 0 radical (unpaired) electrons. The van der Waals surface area contributed by atoms with Gasteiger partial charge >= 0.3 is 0 Å². The van der Waals surface area contributed by atoms with Crippen molar-refractivity contribution in [2.75, 3.05) is 26.8 Å². The van der Waals surface area contributed by atoms with E-state index in [2.05, 4.69) is 37.4 Å². The molecular weight excluding hydrogens is 258 g/mol. The summed E-state index contributed by atoms with van der Waals surface area (Å²) in [6.45, 7) is 7.32. The van der Waals surface area contributed by atoms with Gasteiger partial charge in [-0.3, -0.25) is 0 Å². The maximum atomic E-state index is 5.15. The van der Waals surface area contributed by atoms with Crippen molar-refractivity contribution >= 4 is 0 Å². The molecule has 2 heteroatoms. The summed E-state index contributed by atoms with van der Waals surface area (Å²) in [6, 6.07) is 7.02. The van der Waals surface area contributed by atoms with E-state index in [9.17, 15) is 0 Å². The van der Waals surface area contributed by atoms with Crippen molar-refractivity contribution in [3.63, 3.8) is 0 Å². The molecule has 1 aromatic rings. The highest BCUT2D eigenvalue weighted by Crippen LogP contribution is 2.39. The van der Waals surface area contributed by atoms with Crippen LogP contribution in [0.2, 0.25) is 0 Å². The molecule has 1 fully saturated rings. The van der Waals surface area contributed by atoms with Crippen LogP contribution in [0.4, 0.5) is 0 Å². The molecule has 0 spiro atoms. The van der Waals surface area contributed by atoms with Crippen molar-refractivity contribution in [2.45, 2.75) is 52.4 Å². The summed E-state index contributed by atoms with van der Waals surface area (Å²) in [5.74, 6) is 0. The topological polar surface area (TPSA) is 21.3 Å². The first kappa shape index (κ1) is 16.5. The van der Waals surface area contributed by atoms with Crippen LogP contribution >= 0.6 is 0 Å². The number of nitrogens with one attached hydrogen (secondary N) is 1. The van der Waals surface area contributed by atoms with Crippen molar-refractivity contribution in [1.82, 2.24) is 5.32 Å². The fourth-order valence-corrected chi connectivity index (χ4v) is 3.85. The van der Waals surface area contributed by atoms with Gasteiger partial charge in [0.2, 0.25) is 0 Å². The fraction of sp³-hybridized carbons (Fsp3) is 0.684. The standard InChI is InChI=1S/C19H31NO/c1-16-11-17(2)13-18(12-16)14-19(7-5-4-6-8-19)15-20-9-10-21-3/h11-13,20H,4-10,14-15H2,1-3H3. The Kier molecular flexibility index (Phi) is 6.25. The number of hydrogen-bond acceptors (Lipinski definition) is 2. The van der Waals surface area contributed by atoms with Crippen LogP contribution in [0.1, 0.15) is 48.8 Å². The van der Waals surface area contributed by atoms with Gasteiger partial charge < -0.3 is 10.1 Å². The third-order valence-corrected chi connectivity index (χ3v) is 4.76. The maximum Gasteiger partial charge on any atom is 0.0587 e. The van der Waals surface area contributed by atoms with E-state index >= 15 is 0 Å². The molecule has 0 unspecified atom stereocenters. The van der Waals surface area contributed by atoms with Gasteiger partial charge in [-0.25, -0.2) is 0 Å². The second-order valence-electron chi connectivity index (χ2n) is 6.90. The van der Waals surface area contributed by atoms with Crippen LogP contribution in [0, 0.1) is 19.3 Å². The highest BCUT2D eigenvalue weighted by atomic mass is 16.5. The molecule has 1 N–H and O–H groups in total. The summed E-state index contributed by atoms with van der Waals surface area (Å²) in [7, 11) is 1.77. The molecule has 1 aliphatic carbocycles. The molecule has 2 rings (SSSR count). The fourth-order valence-electron chi connectivity index (χ4n) is 3.85. The Bertz CT molecular complexity index is 415. The zero-order valence-corrected chi connectivity index (χ0v) is 14.0. The molecule has 1 aliphatic rings. The van der Waals surface area contributed by atoms with Crippen LogP contribution in [-0.2, 0) is 11.2 Å². The Morgan fingerprint density at radius 1 is 1.05 bits per heavy atom. The van der Waals surface area contributed by atoms with Crippen molar-refractivity contribution < 1.29 is 4.74 Å². The maximum absolute atomic E-state index is 5.15. The first-order valence-electron chi connectivity index (χ1n) is 8.40. The van der Waals surface area contributed by atoms with Gasteiger partial charge in [-0.1, -0.05) is 48.6 Å². The molecule has 0 bridgehead atoms. The molecular formula is C19H31NO. The second-order valence-corrected chi connectivity index (χ2v) is 6.90. The molecule has 0 aromatic heterocycles. The molecule has 0 saturated heterocycles. The third kappa shape index (κ3) is 5.12. The van der Waals surface area contributed by atoms with Gasteiger partial charge in [-0.05, 0) is 44.1 Å². The van der Waals surface area contributed by atoms with E-state index in [4.69, 9.17) is 4.74 Å². The van der Waals surface area contributed by atoms with Crippen LogP contribution in [-0.4, -0.2) is 26.8 Å². The Balaban J connectivity index is 2.04. The van der Waals surface area contributed by atoms with Gasteiger partial charge in [-0.15, -0.1) is 0 Å². The first-order chi connectivity index (χ1) is 10.1. The molecule has 1 aromatic carbocycles. The van der Waals surface area contributed by atoms with E-state index in [0.717, 1.165) is 19.7 Å². The summed E-state index contributed by atoms with van der Waals surface area (Å²) in [4.78, 5) is 0. The minimum atomic E-state index is 0.451. The normalized spacial score (nSPS) is 17.9. The Morgan fingerprint density at radius 2 is 1.71 bits per heavy atom. The van der Waals surface area contributed by atoms with E-state index in [0.29, 0.717) is 5.41 Å².